The molecule has 26 heavy (non-hydrogen) atoms. The van der Waals surface area contributed by atoms with Gasteiger partial charge in [0, 0.05) is 5.69 Å². The molecule has 0 saturated heterocycles. The molecule has 2 aromatic carbocycles. The molecular formula is C20H25N5O. The Balaban J connectivity index is 1.98. The lowest BCUT2D eigenvalue weighted by Crippen LogP contribution is -2.22. The third kappa shape index (κ3) is 3.54. The number of anilines is 1. The van der Waals surface area contributed by atoms with E-state index >= 15 is 0 Å². The third-order valence-electron chi connectivity index (χ3n) is 4.50. The zero-order valence-electron chi connectivity index (χ0n) is 15.9. The van der Waals surface area contributed by atoms with Crippen LogP contribution in [0.3, 0.4) is 0 Å². The Bertz CT molecular complexity index is 850. The molecular weight excluding hydrogens is 326 g/mol. The van der Waals surface area contributed by atoms with Crippen LogP contribution in [0.2, 0.25) is 0 Å². The first kappa shape index (κ1) is 17.9. The second kappa shape index (κ2) is 7.56. The first-order valence-electron chi connectivity index (χ1n) is 8.76. The van der Waals surface area contributed by atoms with Crippen molar-refractivity contribution in [1.29, 1.82) is 0 Å². The third-order valence-corrected chi connectivity index (χ3v) is 4.50. The minimum atomic E-state index is -0.0302. The first-order chi connectivity index (χ1) is 12.5. The molecule has 3 aromatic rings. The second-order valence-corrected chi connectivity index (χ2v) is 6.78. The van der Waals surface area contributed by atoms with Crippen LogP contribution in [0.15, 0.2) is 42.5 Å². The van der Waals surface area contributed by atoms with Gasteiger partial charge < -0.3 is 10.1 Å². The minimum Gasteiger partial charge on any atom is -0.497 e. The highest BCUT2D eigenvalue weighted by Crippen LogP contribution is 2.28. The van der Waals surface area contributed by atoms with Gasteiger partial charge in [-0.25, -0.2) is 0 Å². The monoisotopic (exact) mass is 351 g/mol. The maximum Gasteiger partial charge on any atom is 0.179 e. The molecule has 0 radical (unpaired) electrons. The Morgan fingerprint density at radius 2 is 1.65 bits per heavy atom. The van der Waals surface area contributed by atoms with Crippen molar-refractivity contribution in [1.82, 2.24) is 20.2 Å². The number of nitrogens with zero attached hydrogens (tertiary/aromatic N) is 4. The van der Waals surface area contributed by atoms with E-state index in [0.29, 0.717) is 5.92 Å². The fourth-order valence-electron chi connectivity index (χ4n) is 3.08. The fraction of sp³-hybridized carbons (Fsp3) is 0.350. The maximum atomic E-state index is 5.23. The summed E-state index contributed by atoms with van der Waals surface area (Å²) in [6, 6.07) is 14.1. The fourth-order valence-corrected chi connectivity index (χ4v) is 3.08. The summed E-state index contributed by atoms with van der Waals surface area (Å²) in [6.07, 6.45) is 0. The summed E-state index contributed by atoms with van der Waals surface area (Å²) in [6.45, 7) is 8.47. The Kier molecular flexibility index (Phi) is 5.21. The Morgan fingerprint density at radius 3 is 2.23 bits per heavy atom. The molecule has 0 bridgehead atoms. The number of para-hydroxylation sites is 1. The highest BCUT2D eigenvalue weighted by molar-refractivity contribution is 5.49. The van der Waals surface area contributed by atoms with Gasteiger partial charge in [-0.3, -0.25) is 0 Å². The van der Waals surface area contributed by atoms with Gasteiger partial charge in [-0.2, -0.15) is 4.68 Å². The quantitative estimate of drug-likeness (QED) is 0.724. The average molecular weight is 351 g/mol. The van der Waals surface area contributed by atoms with Gasteiger partial charge in [0.25, 0.3) is 0 Å². The van der Waals surface area contributed by atoms with Crippen LogP contribution < -0.4 is 10.1 Å². The molecule has 0 fully saturated rings. The van der Waals surface area contributed by atoms with Crippen molar-refractivity contribution in [2.75, 3.05) is 12.4 Å². The van der Waals surface area contributed by atoms with Crippen LogP contribution >= 0.6 is 0 Å². The van der Waals surface area contributed by atoms with Gasteiger partial charge in [0.15, 0.2) is 5.82 Å². The van der Waals surface area contributed by atoms with Gasteiger partial charge in [-0.15, -0.1) is 5.10 Å². The van der Waals surface area contributed by atoms with Gasteiger partial charge in [0.2, 0.25) is 0 Å². The molecule has 1 N–H and O–H groups in total. The topological polar surface area (TPSA) is 64.9 Å². The number of aryl methyl sites for hydroxylation is 2. The molecule has 0 spiro atoms. The van der Waals surface area contributed by atoms with Crippen molar-refractivity contribution in [3.8, 4) is 11.4 Å². The Labute approximate surface area is 154 Å². The molecule has 6 heteroatoms. The van der Waals surface area contributed by atoms with Crippen LogP contribution in [0.1, 0.15) is 36.8 Å². The zero-order valence-corrected chi connectivity index (χ0v) is 15.9. The van der Waals surface area contributed by atoms with E-state index in [1.54, 1.807) is 7.11 Å². The molecule has 0 amide bonds. The van der Waals surface area contributed by atoms with Crippen LogP contribution in [0.4, 0.5) is 5.69 Å². The maximum absolute atomic E-state index is 5.23. The standard InChI is InChI=1S/C20H25N5O/c1-13(2)18(21-16-9-11-17(26-5)12-10-16)20-22-23-24-25(20)19-14(3)7-6-8-15(19)4/h6-13,18,21H,1-5H3/t18-/m0/s1. The van der Waals surface area contributed by atoms with Gasteiger partial charge in [-0.1, -0.05) is 32.0 Å². The van der Waals surface area contributed by atoms with E-state index in [4.69, 9.17) is 4.74 Å². The first-order valence-corrected chi connectivity index (χ1v) is 8.76. The normalized spacial score (nSPS) is 12.2. The van der Waals surface area contributed by atoms with Crippen LogP contribution in [-0.2, 0) is 0 Å². The SMILES string of the molecule is COc1ccc(N[C@H](c2nnnn2-c2c(C)cccc2C)C(C)C)cc1. The van der Waals surface area contributed by atoms with Gasteiger partial charge in [-0.05, 0) is 65.6 Å². The lowest BCUT2D eigenvalue weighted by atomic mass is 10.0. The number of benzene rings is 2. The molecule has 0 aliphatic carbocycles. The summed E-state index contributed by atoms with van der Waals surface area (Å²) in [4.78, 5) is 0. The molecule has 1 aromatic heterocycles. The molecule has 0 aliphatic rings. The summed E-state index contributed by atoms with van der Waals surface area (Å²) in [5.74, 6) is 1.93. The number of hydrogen-bond donors (Lipinski definition) is 1. The molecule has 1 heterocycles. The Hall–Kier alpha value is -2.89. The van der Waals surface area contributed by atoms with E-state index in [1.807, 2.05) is 35.0 Å². The van der Waals surface area contributed by atoms with E-state index < -0.39 is 0 Å². The number of hydrogen-bond acceptors (Lipinski definition) is 5. The van der Waals surface area contributed by atoms with Crippen molar-refractivity contribution in [3.63, 3.8) is 0 Å². The van der Waals surface area contributed by atoms with E-state index in [0.717, 1.165) is 34.1 Å². The lowest BCUT2D eigenvalue weighted by molar-refractivity contribution is 0.415. The average Bonchev–Trinajstić information content (AvgIpc) is 3.08. The second-order valence-electron chi connectivity index (χ2n) is 6.78. The van der Waals surface area contributed by atoms with Crippen molar-refractivity contribution < 1.29 is 4.74 Å². The summed E-state index contributed by atoms with van der Waals surface area (Å²) < 4.78 is 7.09. The van der Waals surface area contributed by atoms with E-state index in [1.165, 1.54) is 0 Å². The van der Waals surface area contributed by atoms with Crippen molar-refractivity contribution in [3.05, 3.63) is 59.4 Å². The summed E-state index contributed by atoms with van der Waals surface area (Å²) in [5.41, 5.74) is 4.33. The number of rotatable bonds is 6. The van der Waals surface area contributed by atoms with Crippen molar-refractivity contribution in [2.24, 2.45) is 5.92 Å². The lowest BCUT2D eigenvalue weighted by Gasteiger charge is -2.23. The van der Waals surface area contributed by atoms with Crippen LogP contribution in [0.25, 0.3) is 5.69 Å². The molecule has 0 aliphatic heterocycles. The predicted molar refractivity (Wildman–Crippen MR) is 103 cm³/mol. The van der Waals surface area contributed by atoms with E-state index in [-0.39, 0.29) is 6.04 Å². The summed E-state index contributed by atoms with van der Waals surface area (Å²) >= 11 is 0. The predicted octanol–water partition coefficient (Wildman–Crippen LogP) is 4.10. The number of ether oxygens (including phenoxy) is 1. The van der Waals surface area contributed by atoms with E-state index in [9.17, 15) is 0 Å². The summed E-state index contributed by atoms with van der Waals surface area (Å²) in [5, 5.41) is 16.1. The minimum absolute atomic E-state index is 0.0302. The van der Waals surface area contributed by atoms with Crippen LogP contribution in [-0.4, -0.2) is 27.3 Å². The molecule has 0 saturated carbocycles. The zero-order chi connectivity index (χ0) is 18.7. The summed E-state index contributed by atoms with van der Waals surface area (Å²) in [7, 11) is 1.66. The van der Waals surface area contributed by atoms with Crippen LogP contribution in [0.5, 0.6) is 5.75 Å². The smallest absolute Gasteiger partial charge is 0.179 e. The van der Waals surface area contributed by atoms with E-state index in [2.05, 4.69) is 60.7 Å². The molecule has 0 unspecified atom stereocenters. The van der Waals surface area contributed by atoms with Gasteiger partial charge in [0.05, 0.1) is 18.8 Å². The highest BCUT2D eigenvalue weighted by atomic mass is 16.5. The number of tetrazole rings is 1. The van der Waals surface area contributed by atoms with Crippen LogP contribution in [0, 0.1) is 19.8 Å². The van der Waals surface area contributed by atoms with Crippen molar-refractivity contribution in [2.45, 2.75) is 33.7 Å². The molecule has 3 rings (SSSR count). The molecule has 1 atom stereocenters. The van der Waals surface area contributed by atoms with Crippen molar-refractivity contribution >= 4 is 5.69 Å². The Morgan fingerprint density at radius 1 is 1.00 bits per heavy atom. The largest absolute Gasteiger partial charge is 0.497 e. The molecule has 6 nitrogen and oxygen atoms in total. The molecule has 136 valence electrons. The number of nitrogens with one attached hydrogen (secondary N) is 1. The van der Waals surface area contributed by atoms with Gasteiger partial charge >= 0.3 is 0 Å². The number of methoxy groups -OCH3 is 1. The number of aromatic nitrogens is 4. The van der Waals surface area contributed by atoms with Gasteiger partial charge in [0.1, 0.15) is 5.75 Å². The highest BCUT2D eigenvalue weighted by Gasteiger charge is 2.24.